The standard InChI is InChI=1S/C13H12O2/c14-8-7-13(15)12-6-5-10-3-1-2-4-11(10)9-12/h1-6,8-9,13,15H,7H2/t13-/m0/s1. The summed E-state index contributed by atoms with van der Waals surface area (Å²) in [5.41, 5.74) is 0.792. The lowest BCUT2D eigenvalue weighted by atomic mass is 10.0. The lowest BCUT2D eigenvalue weighted by Gasteiger charge is -2.08. The largest absolute Gasteiger partial charge is 0.388 e. The molecule has 2 nitrogen and oxygen atoms in total. The van der Waals surface area contributed by atoms with Crippen molar-refractivity contribution in [2.75, 3.05) is 0 Å². The van der Waals surface area contributed by atoms with E-state index in [1.807, 2.05) is 42.5 Å². The molecule has 0 aliphatic rings. The topological polar surface area (TPSA) is 37.3 Å². The summed E-state index contributed by atoms with van der Waals surface area (Å²) in [6.07, 6.45) is 0.199. The monoisotopic (exact) mass is 200 g/mol. The molecule has 0 bridgehead atoms. The van der Waals surface area contributed by atoms with Crippen LogP contribution < -0.4 is 0 Å². The molecule has 0 aromatic heterocycles. The van der Waals surface area contributed by atoms with E-state index in [2.05, 4.69) is 0 Å². The molecule has 2 rings (SSSR count). The first kappa shape index (κ1) is 9.87. The molecule has 2 aromatic carbocycles. The molecule has 0 spiro atoms. The average molecular weight is 200 g/mol. The highest BCUT2D eigenvalue weighted by atomic mass is 16.3. The minimum Gasteiger partial charge on any atom is -0.388 e. The van der Waals surface area contributed by atoms with Gasteiger partial charge in [0.25, 0.3) is 0 Å². The fourth-order valence-electron chi connectivity index (χ4n) is 1.64. The predicted octanol–water partition coefficient (Wildman–Crippen LogP) is 2.46. The molecule has 0 heterocycles. The van der Waals surface area contributed by atoms with E-state index in [4.69, 9.17) is 0 Å². The van der Waals surface area contributed by atoms with Gasteiger partial charge in [-0.2, -0.15) is 0 Å². The molecule has 0 aliphatic heterocycles. The maximum absolute atomic E-state index is 10.3. The molecule has 0 aliphatic carbocycles. The second kappa shape index (κ2) is 4.24. The first-order chi connectivity index (χ1) is 7.31. The Kier molecular flexibility index (Phi) is 2.79. The molecule has 76 valence electrons. The minimum absolute atomic E-state index is 0.151. The Balaban J connectivity index is 2.42. The van der Waals surface area contributed by atoms with Crippen LogP contribution in [0.4, 0.5) is 0 Å². The van der Waals surface area contributed by atoms with Gasteiger partial charge in [-0.3, -0.25) is 0 Å². The molecule has 0 unspecified atom stereocenters. The van der Waals surface area contributed by atoms with Gasteiger partial charge in [-0.15, -0.1) is 0 Å². The molecule has 15 heavy (non-hydrogen) atoms. The van der Waals surface area contributed by atoms with E-state index in [0.717, 1.165) is 22.6 Å². The van der Waals surface area contributed by atoms with Gasteiger partial charge in [-0.1, -0.05) is 36.4 Å². The highest BCUT2D eigenvalue weighted by Gasteiger charge is 2.06. The van der Waals surface area contributed by atoms with Crippen molar-refractivity contribution in [3.8, 4) is 0 Å². The second-order valence-electron chi connectivity index (χ2n) is 3.52. The summed E-state index contributed by atoms with van der Waals surface area (Å²) in [6.45, 7) is 0. The molecule has 0 fully saturated rings. The van der Waals surface area contributed by atoms with E-state index in [-0.39, 0.29) is 6.42 Å². The Morgan fingerprint density at radius 3 is 2.60 bits per heavy atom. The van der Waals surface area contributed by atoms with Crippen molar-refractivity contribution in [2.45, 2.75) is 12.5 Å². The zero-order valence-electron chi connectivity index (χ0n) is 8.26. The van der Waals surface area contributed by atoms with Crippen molar-refractivity contribution in [2.24, 2.45) is 0 Å². The number of rotatable bonds is 3. The zero-order chi connectivity index (χ0) is 10.7. The molecule has 0 amide bonds. The fraction of sp³-hybridized carbons (Fsp3) is 0.154. The third-order valence-electron chi connectivity index (χ3n) is 2.48. The molecule has 1 N–H and O–H groups in total. The Labute approximate surface area is 88.2 Å². The maximum Gasteiger partial charge on any atom is 0.122 e. The molecular weight excluding hydrogens is 188 g/mol. The minimum atomic E-state index is -0.688. The van der Waals surface area contributed by atoms with Gasteiger partial charge in [-0.05, 0) is 22.4 Å². The van der Waals surface area contributed by atoms with E-state index in [0.29, 0.717) is 0 Å². The SMILES string of the molecule is O=CC[C@H](O)c1ccc2ccccc2c1. The van der Waals surface area contributed by atoms with E-state index in [1.165, 1.54) is 0 Å². The van der Waals surface area contributed by atoms with Crippen molar-refractivity contribution in [1.29, 1.82) is 0 Å². The van der Waals surface area contributed by atoms with E-state index in [1.54, 1.807) is 0 Å². The van der Waals surface area contributed by atoms with Crippen LogP contribution in [0.2, 0.25) is 0 Å². The molecule has 0 saturated carbocycles. The van der Waals surface area contributed by atoms with Crippen LogP contribution in [0.5, 0.6) is 0 Å². The highest BCUT2D eigenvalue weighted by molar-refractivity contribution is 5.83. The number of aliphatic hydroxyl groups excluding tert-OH is 1. The number of carbonyl (C=O) groups excluding carboxylic acids is 1. The van der Waals surface area contributed by atoms with Crippen LogP contribution >= 0.6 is 0 Å². The summed E-state index contributed by atoms with van der Waals surface area (Å²) >= 11 is 0. The van der Waals surface area contributed by atoms with Gasteiger partial charge in [0, 0.05) is 6.42 Å². The summed E-state index contributed by atoms with van der Waals surface area (Å²) in [4.78, 5) is 10.3. The van der Waals surface area contributed by atoms with Crippen molar-refractivity contribution < 1.29 is 9.90 Å². The van der Waals surface area contributed by atoms with Crippen LogP contribution in [0.25, 0.3) is 10.8 Å². The predicted molar refractivity (Wildman–Crippen MR) is 59.6 cm³/mol. The maximum atomic E-state index is 10.3. The lowest BCUT2D eigenvalue weighted by molar-refractivity contribution is -0.109. The van der Waals surface area contributed by atoms with E-state index < -0.39 is 6.10 Å². The van der Waals surface area contributed by atoms with E-state index >= 15 is 0 Å². The van der Waals surface area contributed by atoms with Crippen molar-refractivity contribution in [3.63, 3.8) is 0 Å². The summed E-state index contributed by atoms with van der Waals surface area (Å²) in [5, 5.41) is 11.9. The Hall–Kier alpha value is -1.67. The summed E-state index contributed by atoms with van der Waals surface area (Å²) < 4.78 is 0. The number of aliphatic hydroxyl groups is 1. The molecular formula is C13H12O2. The number of aldehydes is 1. The number of benzene rings is 2. The summed E-state index contributed by atoms with van der Waals surface area (Å²) in [6, 6.07) is 13.7. The Morgan fingerprint density at radius 2 is 1.87 bits per heavy atom. The van der Waals surface area contributed by atoms with Gasteiger partial charge in [0.15, 0.2) is 0 Å². The van der Waals surface area contributed by atoms with Crippen LogP contribution in [0, 0.1) is 0 Å². The normalized spacial score (nSPS) is 12.6. The van der Waals surface area contributed by atoms with Crippen LogP contribution in [-0.2, 0) is 4.79 Å². The van der Waals surface area contributed by atoms with Gasteiger partial charge in [0.2, 0.25) is 0 Å². The third kappa shape index (κ3) is 2.05. The number of hydrogen-bond donors (Lipinski definition) is 1. The van der Waals surface area contributed by atoms with Crippen LogP contribution in [-0.4, -0.2) is 11.4 Å². The molecule has 2 heteroatoms. The molecule has 0 saturated heterocycles. The average Bonchev–Trinajstić information content (AvgIpc) is 2.29. The smallest absolute Gasteiger partial charge is 0.122 e. The number of fused-ring (bicyclic) bond motifs is 1. The molecule has 0 radical (unpaired) electrons. The summed E-state index contributed by atoms with van der Waals surface area (Å²) in [7, 11) is 0. The summed E-state index contributed by atoms with van der Waals surface area (Å²) in [5.74, 6) is 0. The highest BCUT2D eigenvalue weighted by Crippen LogP contribution is 2.21. The van der Waals surface area contributed by atoms with Crippen LogP contribution in [0.3, 0.4) is 0 Å². The molecule has 1 atom stereocenters. The van der Waals surface area contributed by atoms with Crippen LogP contribution in [0.1, 0.15) is 18.1 Å². The fourth-order valence-corrected chi connectivity index (χ4v) is 1.64. The lowest BCUT2D eigenvalue weighted by Crippen LogP contribution is -1.97. The quantitative estimate of drug-likeness (QED) is 0.773. The zero-order valence-corrected chi connectivity index (χ0v) is 8.26. The molecule has 2 aromatic rings. The number of hydrogen-bond acceptors (Lipinski definition) is 2. The third-order valence-corrected chi connectivity index (χ3v) is 2.48. The number of carbonyl (C=O) groups is 1. The van der Waals surface area contributed by atoms with Crippen LogP contribution in [0.15, 0.2) is 42.5 Å². The van der Waals surface area contributed by atoms with Gasteiger partial charge in [-0.25, -0.2) is 0 Å². The second-order valence-corrected chi connectivity index (χ2v) is 3.52. The van der Waals surface area contributed by atoms with Gasteiger partial charge < -0.3 is 9.90 Å². The first-order valence-electron chi connectivity index (χ1n) is 4.91. The van der Waals surface area contributed by atoms with Crippen molar-refractivity contribution >= 4 is 17.1 Å². The van der Waals surface area contributed by atoms with Crippen molar-refractivity contribution in [3.05, 3.63) is 48.0 Å². The van der Waals surface area contributed by atoms with Gasteiger partial charge in [0.05, 0.1) is 6.10 Å². The van der Waals surface area contributed by atoms with Gasteiger partial charge >= 0.3 is 0 Å². The van der Waals surface area contributed by atoms with Gasteiger partial charge in [0.1, 0.15) is 6.29 Å². The van der Waals surface area contributed by atoms with E-state index in [9.17, 15) is 9.90 Å². The Bertz CT molecular complexity index is 477. The van der Waals surface area contributed by atoms with Crippen molar-refractivity contribution in [1.82, 2.24) is 0 Å². The first-order valence-corrected chi connectivity index (χ1v) is 4.91. The Morgan fingerprint density at radius 1 is 1.13 bits per heavy atom.